The second-order valence-corrected chi connectivity index (χ2v) is 8.62. The van der Waals surface area contributed by atoms with E-state index in [0.29, 0.717) is 16.8 Å². The SMILES string of the molecule is CC[C@@H](C)NC(=O)Cc1ccc(N(Cc2ccc(C(F)(F)F)cc2)C(=O)c2ccccc2C)cc1. The van der Waals surface area contributed by atoms with Crippen LogP contribution in [0.25, 0.3) is 0 Å². The van der Waals surface area contributed by atoms with E-state index in [9.17, 15) is 22.8 Å². The molecule has 3 aromatic carbocycles. The van der Waals surface area contributed by atoms with E-state index in [-0.39, 0.29) is 30.8 Å². The van der Waals surface area contributed by atoms with Crippen molar-refractivity contribution in [2.24, 2.45) is 0 Å². The van der Waals surface area contributed by atoms with Gasteiger partial charge in [-0.05, 0) is 67.3 Å². The summed E-state index contributed by atoms with van der Waals surface area (Å²) in [4.78, 5) is 27.2. The van der Waals surface area contributed by atoms with E-state index in [0.717, 1.165) is 29.7 Å². The Bertz CT molecular complexity index is 1160. The minimum atomic E-state index is -4.42. The van der Waals surface area contributed by atoms with Crippen LogP contribution >= 0.6 is 0 Å². The Balaban J connectivity index is 1.87. The van der Waals surface area contributed by atoms with Gasteiger partial charge in [0.15, 0.2) is 0 Å². The van der Waals surface area contributed by atoms with Crippen LogP contribution in [-0.4, -0.2) is 17.9 Å². The maximum absolute atomic E-state index is 13.5. The highest BCUT2D eigenvalue weighted by atomic mass is 19.4. The number of carbonyl (C=O) groups excluding carboxylic acids is 2. The van der Waals surface area contributed by atoms with E-state index in [4.69, 9.17) is 0 Å². The number of rotatable bonds is 8. The highest BCUT2D eigenvalue weighted by Gasteiger charge is 2.30. The average molecular weight is 483 g/mol. The third kappa shape index (κ3) is 6.94. The van der Waals surface area contributed by atoms with Gasteiger partial charge in [0, 0.05) is 17.3 Å². The number of benzene rings is 3. The average Bonchev–Trinajstić information content (AvgIpc) is 2.82. The number of hydrogen-bond acceptors (Lipinski definition) is 2. The first-order valence-corrected chi connectivity index (χ1v) is 11.5. The lowest BCUT2D eigenvalue weighted by Gasteiger charge is -2.24. The number of alkyl halides is 3. The number of nitrogens with zero attached hydrogens (tertiary/aromatic N) is 1. The number of nitrogens with one attached hydrogen (secondary N) is 1. The third-order valence-electron chi connectivity index (χ3n) is 5.88. The van der Waals surface area contributed by atoms with Gasteiger partial charge in [-0.3, -0.25) is 9.59 Å². The van der Waals surface area contributed by atoms with Gasteiger partial charge in [0.05, 0.1) is 18.5 Å². The predicted octanol–water partition coefficient (Wildman–Crippen LogP) is 6.32. The maximum atomic E-state index is 13.5. The molecule has 4 nitrogen and oxygen atoms in total. The van der Waals surface area contributed by atoms with Crippen LogP contribution in [0, 0.1) is 6.92 Å². The molecule has 0 aliphatic rings. The Morgan fingerprint density at radius 1 is 0.914 bits per heavy atom. The molecule has 0 unspecified atom stereocenters. The Morgan fingerprint density at radius 3 is 2.09 bits per heavy atom. The van der Waals surface area contributed by atoms with Gasteiger partial charge in [-0.25, -0.2) is 0 Å². The van der Waals surface area contributed by atoms with Crippen LogP contribution in [0.15, 0.2) is 72.8 Å². The number of amides is 2. The molecule has 3 rings (SSSR count). The molecule has 3 aromatic rings. The summed E-state index contributed by atoms with van der Waals surface area (Å²) in [5.41, 5.74) is 2.52. The molecule has 0 aliphatic heterocycles. The first-order chi connectivity index (χ1) is 16.6. The van der Waals surface area contributed by atoms with Crippen molar-refractivity contribution in [3.63, 3.8) is 0 Å². The van der Waals surface area contributed by atoms with Crippen LogP contribution < -0.4 is 10.2 Å². The third-order valence-corrected chi connectivity index (χ3v) is 5.88. The van der Waals surface area contributed by atoms with Crippen LogP contribution in [0.2, 0.25) is 0 Å². The van der Waals surface area contributed by atoms with Crippen LogP contribution in [0.4, 0.5) is 18.9 Å². The van der Waals surface area contributed by atoms with Crippen molar-refractivity contribution in [1.29, 1.82) is 0 Å². The van der Waals surface area contributed by atoms with Gasteiger partial charge < -0.3 is 10.2 Å². The molecule has 0 saturated carbocycles. The molecule has 184 valence electrons. The van der Waals surface area contributed by atoms with Gasteiger partial charge in [-0.2, -0.15) is 13.2 Å². The van der Waals surface area contributed by atoms with E-state index in [1.165, 1.54) is 17.0 Å². The molecule has 35 heavy (non-hydrogen) atoms. The first-order valence-electron chi connectivity index (χ1n) is 11.5. The van der Waals surface area contributed by atoms with Crippen LogP contribution in [0.3, 0.4) is 0 Å². The summed E-state index contributed by atoms with van der Waals surface area (Å²) >= 11 is 0. The van der Waals surface area contributed by atoms with Crippen molar-refractivity contribution in [1.82, 2.24) is 5.32 Å². The normalized spacial score (nSPS) is 12.2. The summed E-state index contributed by atoms with van der Waals surface area (Å²) in [6.45, 7) is 5.87. The lowest BCUT2D eigenvalue weighted by Crippen LogP contribution is -2.33. The molecule has 0 radical (unpaired) electrons. The van der Waals surface area contributed by atoms with E-state index in [2.05, 4.69) is 5.32 Å². The fourth-order valence-corrected chi connectivity index (χ4v) is 3.63. The lowest BCUT2D eigenvalue weighted by atomic mass is 10.0. The lowest BCUT2D eigenvalue weighted by molar-refractivity contribution is -0.137. The van der Waals surface area contributed by atoms with Gasteiger partial charge in [0.2, 0.25) is 5.91 Å². The number of carbonyl (C=O) groups is 2. The van der Waals surface area contributed by atoms with Gasteiger partial charge in [-0.1, -0.05) is 49.4 Å². The van der Waals surface area contributed by atoms with Gasteiger partial charge >= 0.3 is 6.18 Å². The summed E-state index contributed by atoms with van der Waals surface area (Å²) in [5, 5.41) is 2.93. The summed E-state index contributed by atoms with van der Waals surface area (Å²) in [5.74, 6) is -0.338. The number of hydrogen-bond donors (Lipinski definition) is 1. The first kappa shape index (κ1) is 26.0. The van der Waals surface area contributed by atoms with Gasteiger partial charge in [0.1, 0.15) is 0 Å². The van der Waals surface area contributed by atoms with Crippen molar-refractivity contribution in [2.45, 2.75) is 52.4 Å². The Kier molecular flexibility index (Phi) is 8.33. The second kappa shape index (κ2) is 11.2. The molecule has 0 fully saturated rings. The van der Waals surface area contributed by atoms with Crippen molar-refractivity contribution >= 4 is 17.5 Å². The minimum absolute atomic E-state index is 0.0790. The maximum Gasteiger partial charge on any atom is 0.416 e. The van der Waals surface area contributed by atoms with E-state index in [1.54, 1.807) is 36.4 Å². The summed E-state index contributed by atoms with van der Waals surface area (Å²) in [7, 11) is 0. The highest BCUT2D eigenvalue weighted by molar-refractivity contribution is 6.07. The van der Waals surface area contributed by atoms with E-state index < -0.39 is 11.7 Å². The number of aryl methyl sites for hydroxylation is 1. The largest absolute Gasteiger partial charge is 0.416 e. The smallest absolute Gasteiger partial charge is 0.353 e. The van der Waals surface area contributed by atoms with Crippen molar-refractivity contribution in [2.75, 3.05) is 4.90 Å². The standard InChI is InChI=1S/C28H29F3N2O2/c1-4-20(3)32-26(34)17-21-11-15-24(16-12-21)33(27(35)25-8-6-5-7-19(25)2)18-22-9-13-23(14-10-22)28(29,30)31/h5-16,20H,4,17-18H2,1-3H3,(H,32,34)/t20-/m1/s1. The van der Waals surface area contributed by atoms with Crippen LogP contribution in [0.1, 0.15) is 52.9 Å². The molecule has 0 spiro atoms. The molecule has 2 amide bonds. The zero-order valence-electron chi connectivity index (χ0n) is 20.0. The quantitative estimate of drug-likeness (QED) is 0.409. The second-order valence-electron chi connectivity index (χ2n) is 8.62. The molecule has 0 saturated heterocycles. The van der Waals surface area contributed by atoms with E-state index >= 15 is 0 Å². The Hall–Kier alpha value is -3.61. The minimum Gasteiger partial charge on any atom is -0.353 e. The molecule has 7 heteroatoms. The molecule has 0 aliphatic carbocycles. The highest BCUT2D eigenvalue weighted by Crippen LogP contribution is 2.30. The fourth-order valence-electron chi connectivity index (χ4n) is 3.63. The number of halogens is 3. The fraction of sp³-hybridized carbons (Fsp3) is 0.286. The molecule has 0 bridgehead atoms. The summed E-state index contributed by atoms with van der Waals surface area (Å²) in [6.07, 6.45) is -3.37. The van der Waals surface area contributed by atoms with Crippen molar-refractivity contribution in [3.05, 3.63) is 101 Å². The molecular weight excluding hydrogens is 453 g/mol. The molecular formula is C28H29F3N2O2. The Morgan fingerprint density at radius 2 is 1.51 bits per heavy atom. The van der Waals surface area contributed by atoms with Crippen molar-refractivity contribution < 1.29 is 22.8 Å². The summed E-state index contributed by atoms with van der Waals surface area (Å²) in [6, 6.07) is 19.2. The topological polar surface area (TPSA) is 49.4 Å². The zero-order valence-corrected chi connectivity index (χ0v) is 20.0. The van der Waals surface area contributed by atoms with Gasteiger partial charge in [0.25, 0.3) is 5.91 Å². The summed E-state index contributed by atoms with van der Waals surface area (Å²) < 4.78 is 38.9. The molecule has 1 atom stereocenters. The van der Waals surface area contributed by atoms with Crippen LogP contribution in [0.5, 0.6) is 0 Å². The van der Waals surface area contributed by atoms with Crippen molar-refractivity contribution in [3.8, 4) is 0 Å². The Labute approximate surface area is 203 Å². The van der Waals surface area contributed by atoms with Crippen LogP contribution in [-0.2, 0) is 23.9 Å². The van der Waals surface area contributed by atoms with Gasteiger partial charge in [-0.15, -0.1) is 0 Å². The predicted molar refractivity (Wildman–Crippen MR) is 131 cm³/mol. The molecule has 0 aromatic heterocycles. The zero-order chi connectivity index (χ0) is 25.6. The monoisotopic (exact) mass is 482 g/mol. The molecule has 1 N–H and O–H groups in total. The number of anilines is 1. The van der Waals surface area contributed by atoms with E-state index in [1.807, 2.05) is 32.9 Å². The molecule has 0 heterocycles.